The minimum absolute atomic E-state index is 0.184. The van der Waals surface area contributed by atoms with Crippen molar-refractivity contribution < 1.29 is 22.5 Å². The highest BCUT2D eigenvalue weighted by Crippen LogP contribution is 2.29. The molecule has 0 saturated carbocycles. The van der Waals surface area contributed by atoms with Gasteiger partial charge in [-0.2, -0.15) is 4.98 Å². The summed E-state index contributed by atoms with van der Waals surface area (Å²) in [5, 5.41) is 3.82. The van der Waals surface area contributed by atoms with Crippen molar-refractivity contribution >= 4 is 21.8 Å². The molecule has 0 atom stereocenters. The molecule has 170 valence electrons. The van der Waals surface area contributed by atoms with Crippen LogP contribution in [0.4, 0.5) is 10.5 Å². The molecule has 0 radical (unpaired) electrons. The summed E-state index contributed by atoms with van der Waals surface area (Å²) in [6.07, 6.45) is 1.97. The number of para-hydroxylation sites is 1. The van der Waals surface area contributed by atoms with E-state index in [9.17, 15) is 13.2 Å². The summed E-state index contributed by atoms with van der Waals surface area (Å²) in [6, 6.07) is 7.29. The average Bonchev–Trinajstić information content (AvgIpc) is 3.18. The molecular weight excluding hydrogens is 422 g/mol. The van der Waals surface area contributed by atoms with Gasteiger partial charge in [-0.15, -0.1) is 0 Å². The number of hydrogen-bond acceptors (Lipinski definition) is 8. The molecule has 11 heteroatoms. The first kappa shape index (κ1) is 23.2. The van der Waals surface area contributed by atoms with Gasteiger partial charge in [-0.25, -0.2) is 17.5 Å². The molecule has 3 rings (SSSR count). The molecule has 1 fully saturated rings. The highest BCUT2D eigenvalue weighted by atomic mass is 32.2. The van der Waals surface area contributed by atoms with Crippen LogP contribution in [0.2, 0.25) is 0 Å². The lowest BCUT2D eigenvalue weighted by atomic mass is 10.1. The molecule has 1 aromatic carbocycles. The molecule has 1 aliphatic heterocycles. The number of ether oxygens (including phenoxy) is 1. The number of rotatable bonds is 7. The zero-order valence-corrected chi connectivity index (χ0v) is 19.1. The number of carbonyl (C=O) groups is 1. The third-order valence-corrected chi connectivity index (χ3v) is 6.71. The fourth-order valence-electron chi connectivity index (χ4n) is 3.37. The number of aryl methyl sites for hydroxylation is 1. The molecular formula is C20H29N5O5S. The lowest BCUT2D eigenvalue weighted by Crippen LogP contribution is -2.43. The summed E-state index contributed by atoms with van der Waals surface area (Å²) < 4.78 is 35.3. The Kier molecular flexibility index (Phi) is 7.29. The van der Waals surface area contributed by atoms with Crippen molar-refractivity contribution in [3.8, 4) is 11.5 Å². The number of likely N-dealkylation sites (N-methyl/N-ethyl adjacent to an activating group) is 1. The van der Waals surface area contributed by atoms with Crippen molar-refractivity contribution in [3.63, 3.8) is 0 Å². The first-order valence-corrected chi connectivity index (χ1v) is 12.0. The molecule has 0 spiro atoms. The second kappa shape index (κ2) is 9.75. The Bertz CT molecular complexity index is 1000. The molecule has 10 nitrogen and oxygen atoms in total. The fourth-order valence-corrected chi connectivity index (χ4v) is 3.79. The Balaban J connectivity index is 1.54. The first-order chi connectivity index (χ1) is 14.6. The molecule has 1 amide bonds. The van der Waals surface area contributed by atoms with Gasteiger partial charge in [0.2, 0.25) is 10.0 Å². The van der Waals surface area contributed by atoms with E-state index in [2.05, 4.69) is 15.0 Å². The Labute approximate surface area is 182 Å². The van der Waals surface area contributed by atoms with Gasteiger partial charge in [0.15, 0.2) is 5.82 Å². The van der Waals surface area contributed by atoms with Crippen LogP contribution >= 0.6 is 0 Å². The molecule has 1 saturated heterocycles. The van der Waals surface area contributed by atoms with Crippen molar-refractivity contribution in [1.82, 2.24) is 19.3 Å². The van der Waals surface area contributed by atoms with Crippen LogP contribution in [-0.4, -0.2) is 86.5 Å². The molecule has 0 N–H and O–H groups in total. The lowest BCUT2D eigenvalue weighted by Gasteiger charge is -2.33. The second-order valence-corrected chi connectivity index (χ2v) is 9.82. The van der Waals surface area contributed by atoms with E-state index >= 15 is 0 Å². The fraction of sp³-hybridized carbons (Fsp3) is 0.550. The van der Waals surface area contributed by atoms with E-state index in [0.29, 0.717) is 48.9 Å². The maximum Gasteiger partial charge on any atom is 0.414 e. The average molecular weight is 452 g/mol. The second-order valence-electron chi connectivity index (χ2n) is 7.73. The quantitative estimate of drug-likeness (QED) is 0.629. The largest absolute Gasteiger partial charge is 0.446 e. The van der Waals surface area contributed by atoms with Gasteiger partial charge in [-0.05, 0) is 31.9 Å². The normalized spacial score (nSPS) is 15.9. The van der Waals surface area contributed by atoms with E-state index in [1.807, 2.05) is 18.2 Å². The number of nitrogens with zero attached hydrogens (tertiary/aromatic N) is 5. The SMILES string of the molecule is Cc1noc(-c2ccccc2N(C)C(=O)OC2CCN(CCN(C)S(C)(=O)=O)CC2)n1. The number of piperidine rings is 1. The van der Waals surface area contributed by atoms with E-state index in [-0.39, 0.29) is 6.10 Å². The Morgan fingerprint density at radius 3 is 2.55 bits per heavy atom. The van der Waals surface area contributed by atoms with Crippen LogP contribution in [0.25, 0.3) is 11.5 Å². The smallest absolute Gasteiger partial charge is 0.414 e. The highest BCUT2D eigenvalue weighted by Gasteiger charge is 2.26. The molecule has 2 aromatic rings. The molecule has 1 aromatic heterocycles. The van der Waals surface area contributed by atoms with Crippen LogP contribution in [0.1, 0.15) is 18.7 Å². The number of likely N-dealkylation sites (tertiary alicyclic amines) is 1. The maximum absolute atomic E-state index is 12.8. The van der Waals surface area contributed by atoms with Crippen LogP contribution in [0.15, 0.2) is 28.8 Å². The summed E-state index contributed by atoms with van der Waals surface area (Å²) in [6.45, 7) is 4.33. The topological polar surface area (TPSA) is 109 Å². The molecule has 2 heterocycles. The summed E-state index contributed by atoms with van der Waals surface area (Å²) in [5.74, 6) is 0.865. The number of carbonyl (C=O) groups excluding carboxylic acids is 1. The van der Waals surface area contributed by atoms with Gasteiger partial charge in [0, 0.05) is 40.3 Å². The third kappa shape index (κ3) is 6.02. The standard InChI is InChI=1S/C20H29N5O5S/c1-15-21-19(30-22-15)17-7-5-6-8-18(17)24(3)20(26)29-16-9-11-25(12-10-16)14-13-23(2)31(4,27)28/h5-8,16H,9-14H2,1-4H3. The minimum atomic E-state index is -3.17. The predicted octanol–water partition coefficient (Wildman–Crippen LogP) is 1.97. The van der Waals surface area contributed by atoms with Gasteiger partial charge in [0.25, 0.3) is 5.89 Å². The van der Waals surface area contributed by atoms with Crippen LogP contribution < -0.4 is 4.90 Å². The predicted molar refractivity (Wildman–Crippen MR) is 116 cm³/mol. The summed E-state index contributed by atoms with van der Waals surface area (Å²) in [7, 11) is 0.0580. The molecule has 0 bridgehead atoms. The van der Waals surface area contributed by atoms with Crippen molar-refractivity contribution in [2.24, 2.45) is 0 Å². The monoisotopic (exact) mass is 451 g/mol. The van der Waals surface area contributed by atoms with Gasteiger partial charge in [0.1, 0.15) is 6.10 Å². The maximum atomic E-state index is 12.8. The number of amides is 1. The van der Waals surface area contributed by atoms with Gasteiger partial charge in [-0.3, -0.25) is 4.90 Å². The van der Waals surface area contributed by atoms with Gasteiger partial charge < -0.3 is 14.2 Å². The Hall–Kier alpha value is -2.50. The van der Waals surface area contributed by atoms with Crippen molar-refractivity contribution in [2.45, 2.75) is 25.9 Å². The number of anilines is 1. The molecule has 31 heavy (non-hydrogen) atoms. The summed E-state index contributed by atoms with van der Waals surface area (Å²) >= 11 is 0. The minimum Gasteiger partial charge on any atom is -0.446 e. The highest BCUT2D eigenvalue weighted by molar-refractivity contribution is 7.88. The van der Waals surface area contributed by atoms with E-state index in [1.54, 1.807) is 27.1 Å². The Morgan fingerprint density at radius 2 is 1.94 bits per heavy atom. The zero-order valence-electron chi connectivity index (χ0n) is 18.3. The van der Waals surface area contributed by atoms with Gasteiger partial charge >= 0.3 is 6.09 Å². The van der Waals surface area contributed by atoms with E-state index in [1.165, 1.54) is 15.5 Å². The van der Waals surface area contributed by atoms with Crippen LogP contribution in [-0.2, 0) is 14.8 Å². The molecule has 0 unspecified atom stereocenters. The number of sulfonamides is 1. The summed E-state index contributed by atoms with van der Waals surface area (Å²) in [4.78, 5) is 20.6. The first-order valence-electron chi connectivity index (χ1n) is 10.1. The zero-order chi connectivity index (χ0) is 22.6. The van der Waals surface area contributed by atoms with Crippen molar-refractivity contribution in [2.75, 3.05) is 51.4 Å². The third-order valence-electron chi connectivity index (χ3n) is 5.40. The summed E-state index contributed by atoms with van der Waals surface area (Å²) in [5.41, 5.74) is 1.28. The van der Waals surface area contributed by atoms with E-state index < -0.39 is 16.1 Å². The van der Waals surface area contributed by atoms with Crippen LogP contribution in [0.3, 0.4) is 0 Å². The lowest BCUT2D eigenvalue weighted by molar-refractivity contribution is 0.0548. The van der Waals surface area contributed by atoms with Crippen LogP contribution in [0.5, 0.6) is 0 Å². The molecule has 1 aliphatic rings. The number of benzene rings is 1. The number of aromatic nitrogens is 2. The van der Waals surface area contributed by atoms with E-state index in [4.69, 9.17) is 9.26 Å². The Morgan fingerprint density at radius 1 is 1.26 bits per heavy atom. The van der Waals surface area contributed by atoms with Crippen LogP contribution in [0, 0.1) is 6.92 Å². The van der Waals surface area contributed by atoms with Gasteiger partial charge in [0.05, 0.1) is 17.5 Å². The molecule has 0 aliphatic carbocycles. The van der Waals surface area contributed by atoms with Crippen molar-refractivity contribution in [1.29, 1.82) is 0 Å². The van der Waals surface area contributed by atoms with E-state index in [0.717, 1.165) is 13.1 Å². The van der Waals surface area contributed by atoms with Gasteiger partial charge in [-0.1, -0.05) is 17.3 Å². The number of hydrogen-bond donors (Lipinski definition) is 0. The van der Waals surface area contributed by atoms with Crippen molar-refractivity contribution in [3.05, 3.63) is 30.1 Å².